The molecule has 0 unspecified atom stereocenters. The molecule has 1 N–H and O–H groups in total. The Hall–Kier alpha value is -1.57. The van der Waals surface area contributed by atoms with E-state index in [2.05, 4.69) is 42.2 Å². The minimum Gasteiger partial charge on any atom is -0.492 e. The first-order chi connectivity index (χ1) is 12.5. The Kier molecular flexibility index (Phi) is 6.21. The largest absolute Gasteiger partial charge is 0.492 e. The summed E-state index contributed by atoms with van der Waals surface area (Å²) in [5.41, 5.74) is 2.87. The molecule has 0 atom stereocenters. The van der Waals surface area contributed by atoms with Crippen molar-refractivity contribution in [1.29, 1.82) is 0 Å². The van der Waals surface area contributed by atoms with Gasteiger partial charge in [0.15, 0.2) is 5.17 Å². The van der Waals surface area contributed by atoms with Crippen LogP contribution >= 0.6 is 43.6 Å². The normalized spacial score (nSPS) is 17.0. The number of carbonyl (C=O) groups excluding carboxylic acids is 1. The third-order valence-corrected chi connectivity index (χ3v) is 5.61. The Morgan fingerprint density at radius 2 is 1.85 bits per heavy atom. The molecule has 4 nitrogen and oxygen atoms in total. The van der Waals surface area contributed by atoms with Crippen molar-refractivity contribution in [3.8, 4) is 5.75 Å². The maximum absolute atomic E-state index is 12.2. The second-order valence-corrected chi connectivity index (χ2v) is 8.30. The second kappa shape index (κ2) is 8.41. The van der Waals surface area contributed by atoms with Crippen molar-refractivity contribution in [1.82, 2.24) is 5.32 Å². The van der Waals surface area contributed by atoms with E-state index in [0.29, 0.717) is 16.7 Å². The van der Waals surface area contributed by atoms with E-state index in [-0.39, 0.29) is 5.91 Å². The highest BCUT2D eigenvalue weighted by Gasteiger charge is 2.24. The van der Waals surface area contributed by atoms with E-state index in [9.17, 15) is 4.79 Å². The first-order valence-electron chi connectivity index (χ1n) is 7.94. The maximum atomic E-state index is 12.2. The van der Waals surface area contributed by atoms with Crippen LogP contribution in [0.4, 0.5) is 5.69 Å². The maximum Gasteiger partial charge on any atom is 0.264 e. The fourth-order valence-electron chi connectivity index (χ4n) is 2.31. The SMILES string of the molecule is CCOc1c(Br)cc(/C=C2\SC(=Nc3ccc(C)cc3)NC2=O)cc1Br. The molecule has 2 aromatic rings. The molecule has 0 spiro atoms. The number of nitrogens with zero attached hydrogens (tertiary/aromatic N) is 1. The van der Waals surface area contributed by atoms with E-state index in [0.717, 1.165) is 25.9 Å². The molecule has 1 aliphatic heterocycles. The number of benzene rings is 2. The van der Waals surface area contributed by atoms with Crippen molar-refractivity contribution in [2.24, 2.45) is 4.99 Å². The summed E-state index contributed by atoms with van der Waals surface area (Å²) in [5, 5.41) is 3.38. The summed E-state index contributed by atoms with van der Waals surface area (Å²) >= 11 is 8.35. The summed E-state index contributed by atoms with van der Waals surface area (Å²) in [6.07, 6.45) is 1.84. The third-order valence-electron chi connectivity index (χ3n) is 3.52. The van der Waals surface area contributed by atoms with Crippen molar-refractivity contribution >= 4 is 66.5 Å². The van der Waals surface area contributed by atoms with E-state index in [1.165, 1.54) is 17.3 Å². The molecular weight excluding hydrogens is 480 g/mol. The number of rotatable bonds is 4. The lowest BCUT2D eigenvalue weighted by atomic mass is 10.2. The number of aliphatic imine (C=N–C) groups is 1. The predicted octanol–water partition coefficient (Wildman–Crippen LogP) is 5.81. The first kappa shape index (κ1) is 19.2. The van der Waals surface area contributed by atoms with E-state index < -0.39 is 0 Å². The Morgan fingerprint density at radius 3 is 2.46 bits per heavy atom. The molecule has 1 saturated heterocycles. The Bertz CT molecular complexity index is 885. The van der Waals surface area contributed by atoms with Gasteiger partial charge in [0.05, 0.1) is 26.1 Å². The lowest BCUT2D eigenvalue weighted by Gasteiger charge is -2.09. The van der Waals surface area contributed by atoms with Crippen molar-refractivity contribution in [3.63, 3.8) is 0 Å². The van der Waals surface area contributed by atoms with Crippen molar-refractivity contribution in [2.45, 2.75) is 13.8 Å². The third kappa shape index (κ3) is 4.58. The van der Waals surface area contributed by atoms with Gasteiger partial charge in [0.25, 0.3) is 5.91 Å². The molecule has 2 aromatic carbocycles. The number of thioether (sulfide) groups is 1. The standard InChI is InChI=1S/C19H16Br2N2O2S/c1-3-25-17-14(20)8-12(9-15(17)21)10-16-18(24)23-19(26-16)22-13-6-4-11(2)5-7-13/h4-10H,3H2,1-2H3,(H,22,23,24)/b16-10-. The van der Waals surface area contributed by atoms with Crippen LogP contribution in [-0.2, 0) is 4.79 Å². The van der Waals surface area contributed by atoms with Crippen LogP contribution in [0, 0.1) is 6.92 Å². The van der Waals surface area contributed by atoms with E-state index in [4.69, 9.17) is 4.74 Å². The number of amides is 1. The summed E-state index contributed by atoms with van der Waals surface area (Å²) in [6, 6.07) is 11.7. The van der Waals surface area contributed by atoms with E-state index in [1.54, 1.807) is 0 Å². The van der Waals surface area contributed by atoms with Gasteiger partial charge in [-0.05, 0) is 93.4 Å². The van der Waals surface area contributed by atoms with Gasteiger partial charge in [-0.15, -0.1) is 0 Å². The molecule has 3 rings (SSSR count). The summed E-state index contributed by atoms with van der Waals surface area (Å²) in [6.45, 7) is 4.54. The van der Waals surface area contributed by atoms with Crippen LogP contribution in [0.5, 0.6) is 5.75 Å². The fraction of sp³-hybridized carbons (Fsp3) is 0.158. The first-order valence-corrected chi connectivity index (χ1v) is 10.3. The summed E-state index contributed by atoms with van der Waals surface area (Å²) < 4.78 is 7.25. The number of hydrogen-bond donors (Lipinski definition) is 1. The summed E-state index contributed by atoms with van der Waals surface area (Å²) in [7, 11) is 0. The lowest BCUT2D eigenvalue weighted by molar-refractivity contribution is -0.115. The lowest BCUT2D eigenvalue weighted by Crippen LogP contribution is -2.19. The van der Waals surface area contributed by atoms with Gasteiger partial charge < -0.3 is 10.1 Å². The Balaban J connectivity index is 1.84. The van der Waals surface area contributed by atoms with Gasteiger partial charge in [-0.2, -0.15) is 0 Å². The minimum atomic E-state index is -0.151. The van der Waals surface area contributed by atoms with Crippen LogP contribution in [0.25, 0.3) is 6.08 Å². The van der Waals surface area contributed by atoms with Gasteiger partial charge in [-0.1, -0.05) is 17.7 Å². The number of aryl methyl sites for hydroxylation is 1. The van der Waals surface area contributed by atoms with Gasteiger partial charge in [0.2, 0.25) is 0 Å². The Morgan fingerprint density at radius 1 is 1.19 bits per heavy atom. The van der Waals surface area contributed by atoms with Gasteiger partial charge in [-0.25, -0.2) is 4.99 Å². The number of amidine groups is 1. The highest BCUT2D eigenvalue weighted by Crippen LogP contribution is 2.36. The Labute approximate surface area is 173 Å². The molecule has 0 radical (unpaired) electrons. The smallest absolute Gasteiger partial charge is 0.264 e. The van der Waals surface area contributed by atoms with Crippen LogP contribution in [0.15, 0.2) is 55.2 Å². The molecule has 1 fully saturated rings. The van der Waals surface area contributed by atoms with Gasteiger partial charge in [0, 0.05) is 0 Å². The van der Waals surface area contributed by atoms with Crippen molar-refractivity contribution < 1.29 is 9.53 Å². The topological polar surface area (TPSA) is 50.7 Å². The van der Waals surface area contributed by atoms with Crippen LogP contribution in [-0.4, -0.2) is 17.7 Å². The minimum absolute atomic E-state index is 0.151. The monoisotopic (exact) mass is 494 g/mol. The molecule has 0 aromatic heterocycles. The summed E-state index contributed by atoms with van der Waals surface area (Å²) in [5.74, 6) is 0.599. The molecular formula is C19H16Br2N2O2S. The van der Waals surface area contributed by atoms with Crippen LogP contribution < -0.4 is 10.1 Å². The number of hydrogen-bond acceptors (Lipinski definition) is 4. The van der Waals surface area contributed by atoms with E-state index >= 15 is 0 Å². The van der Waals surface area contributed by atoms with Gasteiger partial charge >= 0.3 is 0 Å². The molecule has 1 heterocycles. The number of nitrogens with one attached hydrogen (secondary N) is 1. The summed E-state index contributed by atoms with van der Waals surface area (Å²) in [4.78, 5) is 17.3. The molecule has 0 aliphatic carbocycles. The average Bonchev–Trinajstić information content (AvgIpc) is 2.92. The fourth-order valence-corrected chi connectivity index (χ4v) is 4.61. The molecule has 26 heavy (non-hydrogen) atoms. The van der Waals surface area contributed by atoms with Crippen LogP contribution in [0.3, 0.4) is 0 Å². The zero-order chi connectivity index (χ0) is 18.7. The van der Waals surface area contributed by atoms with Crippen molar-refractivity contribution in [2.75, 3.05) is 6.61 Å². The molecule has 1 amide bonds. The number of halogens is 2. The quantitative estimate of drug-likeness (QED) is 0.544. The zero-order valence-electron chi connectivity index (χ0n) is 14.2. The average molecular weight is 496 g/mol. The predicted molar refractivity (Wildman–Crippen MR) is 115 cm³/mol. The van der Waals surface area contributed by atoms with Crippen molar-refractivity contribution in [3.05, 3.63) is 61.4 Å². The molecule has 0 saturated carbocycles. The molecule has 0 bridgehead atoms. The number of ether oxygens (including phenoxy) is 1. The zero-order valence-corrected chi connectivity index (χ0v) is 18.2. The second-order valence-electron chi connectivity index (χ2n) is 5.56. The molecule has 7 heteroatoms. The van der Waals surface area contributed by atoms with Crippen LogP contribution in [0.1, 0.15) is 18.1 Å². The number of carbonyl (C=O) groups is 1. The van der Waals surface area contributed by atoms with E-state index in [1.807, 2.05) is 56.3 Å². The van der Waals surface area contributed by atoms with Crippen LogP contribution in [0.2, 0.25) is 0 Å². The van der Waals surface area contributed by atoms with Gasteiger partial charge in [-0.3, -0.25) is 4.79 Å². The molecule has 134 valence electrons. The highest BCUT2D eigenvalue weighted by molar-refractivity contribution is 9.11. The van der Waals surface area contributed by atoms with Gasteiger partial charge in [0.1, 0.15) is 5.75 Å². The molecule has 1 aliphatic rings. The highest BCUT2D eigenvalue weighted by atomic mass is 79.9.